The highest BCUT2D eigenvalue weighted by atomic mass is 35.5. The van der Waals surface area contributed by atoms with Crippen molar-refractivity contribution in [3.8, 4) is 0 Å². The molecule has 8 heteroatoms. The smallest absolute Gasteiger partial charge is 0.263 e. The van der Waals surface area contributed by atoms with Gasteiger partial charge >= 0.3 is 0 Å². The SMILES string of the molecule is O=C(CCc1nnc2n(Cc3ccc(Cl)cc3)c(=O)c3ccccc3n12)NCCC1=CCCCC1. The van der Waals surface area contributed by atoms with Gasteiger partial charge in [0.15, 0.2) is 0 Å². The highest BCUT2D eigenvalue weighted by Crippen LogP contribution is 2.20. The molecule has 1 aliphatic rings. The van der Waals surface area contributed by atoms with Gasteiger partial charge in [0.2, 0.25) is 11.7 Å². The van der Waals surface area contributed by atoms with E-state index >= 15 is 0 Å². The normalized spacial score (nSPS) is 13.8. The molecule has 1 aliphatic carbocycles. The Morgan fingerprint density at radius 3 is 2.66 bits per heavy atom. The second-order valence-corrected chi connectivity index (χ2v) is 9.43. The largest absolute Gasteiger partial charge is 0.356 e. The molecule has 7 nitrogen and oxygen atoms in total. The molecule has 0 bridgehead atoms. The van der Waals surface area contributed by atoms with Gasteiger partial charge in [-0.25, -0.2) is 0 Å². The molecule has 0 atom stereocenters. The van der Waals surface area contributed by atoms with Crippen LogP contribution in [0.25, 0.3) is 16.7 Å². The van der Waals surface area contributed by atoms with E-state index in [0.717, 1.165) is 30.3 Å². The zero-order valence-electron chi connectivity index (χ0n) is 19.5. The lowest BCUT2D eigenvalue weighted by molar-refractivity contribution is -0.121. The van der Waals surface area contributed by atoms with Crippen molar-refractivity contribution in [1.82, 2.24) is 24.5 Å². The van der Waals surface area contributed by atoms with E-state index in [2.05, 4.69) is 21.6 Å². The van der Waals surface area contributed by atoms with E-state index in [1.165, 1.54) is 18.4 Å². The van der Waals surface area contributed by atoms with Gasteiger partial charge in [-0.05, 0) is 61.9 Å². The minimum Gasteiger partial charge on any atom is -0.356 e. The number of allylic oxidation sites excluding steroid dienone is 1. The summed E-state index contributed by atoms with van der Waals surface area (Å²) in [6.45, 7) is 1.01. The van der Waals surface area contributed by atoms with Crippen LogP contribution in [0.3, 0.4) is 0 Å². The predicted molar refractivity (Wildman–Crippen MR) is 138 cm³/mol. The average Bonchev–Trinajstić information content (AvgIpc) is 3.31. The molecule has 0 fully saturated rings. The number of aryl methyl sites for hydroxylation is 1. The van der Waals surface area contributed by atoms with E-state index in [-0.39, 0.29) is 11.5 Å². The second-order valence-electron chi connectivity index (χ2n) is 8.99. The molecule has 2 heterocycles. The Hall–Kier alpha value is -3.45. The number of carbonyl (C=O) groups excluding carboxylic acids is 1. The molecule has 2 aromatic carbocycles. The van der Waals surface area contributed by atoms with E-state index in [1.807, 2.05) is 40.8 Å². The Morgan fingerprint density at radius 2 is 1.86 bits per heavy atom. The van der Waals surface area contributed by atoms with Gasteiger partial charge in [0, 0.05) is 24.4 Å². The number of carbonyl (C=O) groups is 1. The lowest BCUT2D eigenvalue weighted by atomic mass is 9.97. The average molecular weight is 490 g/mol. The number of hydrogen-bond acceptors (Lipinski definition) is 4. The van der Waals surface area contributed by atoms with Crippen molar-refractivity contribution >= 4 is 34.2 Å². The summed E-state index contributed by atoms with van der Waals surface area (Å²) in [5.41, 5.74) is 3.00. The summed E-state index contributed by atoms with van der Waals surface area (Å²) in [5.74, 6) is 1.12. The molecule has 1 N–H and O–H groups in total. The van der Waals surface area contributed by atoms with E-state index in [9.17, 15) is 9.59 Å². The summed E-state index contributed by atoms with van der Waals surface area (Å²) < 4.78 is 3.52. The standard InChI is InChI=1S/C27H28ClN5O2/c28-21-12-10-20(11-13-21)18-32-26(35)22-8-4-5-9-23(22)33-24(30-31-27(32)33)14-15-25(34)29-17-16-19-6-2-1-3-7-19/h4-6,8-13H,1-3,7,14-18H2,(H,29,34). The number of rotatable bonds is 8. The van der Waals surface area contributed by atoms with Crippen molar-refractivity contribution in [2.75, 3.05) is 6.54 Å². The molecule has 5 rings (SSSR count). The molecule has 0 spiro atoms. The highest BCUT2D eigenvalue weighted by Gasteiger charge is 2.17. The first-order valence-electron chi connectivity index (χ1n) is 12.1. The van der Waals surface area contributed by atoms with Crippen molar-refractivity contribution in [3.63, 3.8) is 0 Å². The molecule has 180 valence electrons. The van der Waals surface area contributed by atoms with Gasteiger partial charge in [0.1, 0.15) is 5.82 Å². The van der Waals surface area contributed by atoms with Crippen LogP contribution in [-0.4, -0.2) is 31.6 Å². The molecular weight excluding hydrogens is 462 g/mol. The minimum absolute atomic E-state index is 0.00282. The molecule has 4 aromatic rings. The Morgan fingerprint density at radius 1 is 1.03 bits per heavy atom. The third kappa shape index (κ3) is 5.15. The molecular formula is C27H28ClN5O2. The van der Waals surface area contributed by atoms with Gasteiger partial charge in [-0.2, -0.15) is 0 Å². The van der Waals surface area contributed by atoms with Gasteiger partial charge in [0.25, 0.3) is 5.56 Å². The van der Waals surface area contributed by atoms with Gasteiger partial charge in [-0.3, -0.25) is 18.6 Å². The monoisotopic (exact) mass is 489 g/mol. The lowest BCUT2D eigenvalue weighted by Crippen LogP contribution is -2.26. The Labute approximate surface area is 208 Å². The highest BCUT2D eigenvalue weighted by molar-refractivity contribution is 6.30. The third-order valence-electron chi connectivity index (χ3n) is 6.56. The van der Waals surface area contributed by atoms with Crippen LogP contribution in [0.2, 0.25) is 5.02 Å². The van der Waals surface area contributed by atoms with Gasteiger partial charge in [-0.1, -0.05) is 47.5 Å². The molecule has 0 radical (unpaired) electrons. The molecule has 35 heavy (non-hydrogen) atoms. The Balaban J connectivity index is 1.38. The first-order chi connectivity index (χ1) is 17.1. The zero-order chi connectivity index (χ0) is 24.2. The number of fused-ring (bicyclic) bond motifs is 3. The Kier molecular flexibility index (Phi) is 6.95. The van der Waals surface area contributed by atoms with Crippen molar-refractivity contribution in [2.45, 2.75) is 51.5 Å². The zero-order valence-corrected chi connectivity index (χ0v) is 20.3. The van der Waals surface area contributed by atoms with E-state index in [0.29, 0.717) is 47.9 Å². The van der Waals surface area contributed by atoms with Crippen LogP contribution in [0.15, 0.2) is 65.0 Å². The number of nitrogens with zero attached hydrogens (tertiary/aromatic N) is 4. The molecule has 2 aromatic heterocycles. The van der Waals surface area contributed by atoms with Crippen LogP contribution in [0.5, 0.6) is 0 Å². The Bertz CT molecular complexity index is 1450. The van der Waals surface area contributed by atoms with E-state index in [4.69, 9.17) is 11.6 Å². The van der Waals surface area contributed by atoms with Gasteiger partial charge in [-0.15, -0.1) is 10.2 Å². The first kappa shape index (κ1) is 23.3. The van der Waals surface area contributed by atoms with Crippen LogP contribution in [0.1, 0.15) is 49.9 Å². The maximum absolute atomic E-state index is 13.3. The van der Waals surface area contributed by atoms with Gasteiger partial charge < -0.3 is 5.32 Å². The fourth-order valence-electron chi connectivity index (χ4n) is 4.70. The van der Waals surface area contributed by atoms with E-state index < -0.39 is 0 Å². The van der Waals surface area contributed by atoms with Crippen LogP contribution < -0.4 is 10.9 Å². The summed E-state index contributed by atoms with van der Waals surface area (Å²) in [5, 5.41) is 13.0. The minimum atomic E-state index is -0.128. The molecule has 0 aliphatic heterocycles. The molecule has 0 unspecified atom stereocenters. The summed E-state index contributed by atoms with van der Waals surface area (Å²) in [4.78, 5) is 25.8. The lowest BCUT2D eigenvalue weighted by Gasteiger charge is -2.13. The second kappa shape index (κ2) is 10.4. The topological polar surface area (TPSA) is 81.3 Å². The maximum Gasteiger partial charge on any atom is 0.263 e. The summed E-state index contributed by atoms with van der Waals surface area (Å²) in [7, 11) is 0. The van der Waals surface area contributed by atoms with Crippen molar-refractivity contribution < 1.29 is 4.79 Å². The number of hydrogen-bond donors (Lipinski definition) is 1. The number of para-hydroxylation sites is 1. The van der Waals surface area contributed by atoms with Crippen LogP contribution in [0, 0.1) is 0 Å². The first-order valence-corrected chi connectivity index (χ1v) is 12.5. The summed E-state index contributed by atoms with van der Waals surface area (Å²) >= 11 is 6.02. The predicted octanol–water partition coefficient (Wildman–Crippen LogP) is 4.69. The third-order valence-corrected chi connectivity index (χ3v) is 6.81. The van der Waals surface area contributed by atoms with Crippen molar-refractivity contribution in [2.24, 2.45) is 0 Å². The number of nitrogens with one attached hydrogen (secondary N) is 1. The fourth-order valence-corrected chi connectivity index (χ4v) is 4.83. The van der Waals surface area contributed by atoms with Crippen LogP contribution >= 0.6 is 11.6 Å². The number of amides is 1. The van der Waals surface area contributed by atoms with Crippen molar-refractivity contribution in [3.05, 3.63) is 86.9 Å². The van der Waals surface area contributed by atoms with E-state index in [1.54, 1.807) is 16.7 Å². The number of halogens is 1. The van der Waals surface area contributed by atoms with Gasteiger partial charge in [0.05, 0.1) is 17.4 Å². The molecule has 0 saturated carbocycles. The maximum atomic E-state index is 13.3. The summed E-state index contributed by atoms with van der Waals surface area (Å²) in [6, 6.07) is 14.8. The molecule has 1 amide bonds. The molecule has 0 saturated heterocycles. The fraction of sp³-hybridized carbons (Fsp3) is 0.333. The number of aromatic nitrogens is 4. The quantitative estimate of drug-likeness (QED) is 0.364. The van der Waals surface area contributed by atoms with Crippen LogP contribution in [0.4, 0.5) is 0 Å². The van der Waals surface area contributed by atoms with Crippen LogP contribution in [-0.2, 0) is 17.8 Å². The summed E-state index contributed by atoms with van der Waals surface area (Å²) in [6.07, 6.45) is 8.78. The number of benzene rings is 2. The van der Waals surface area contributed by atoms with Crippen molar-refractivity contribution in [1.29, 1.82) is 0 Å².